The summed E-state index contributed by atoms with van der Waals surface area (Å²) < 4.78 is 4.86. The number of anilines is 1. The Morgan fingerprint density at radius 2 is 2.04 bits per heavy atom. The van der Waals surface area contributed by atoms with Gasteiger partial charge in [-0.05, 0) is 25.5 Å². The van der Waals surface area contributed by atoms with Crippen LogP contribution in [-0.4, -0.2) is 35.8 Å². The van der Waals surface area contributed by atoms with E-state index in [0.29, 0.717) is 30.0 Å². The smallest absolute Gasteiger partial charge is 0.345 e. The average Bonchev–Trinajstić information content (AvgIpc) is 3.01. The Bertz CT molecular complexity index is 752. The highest BCUT2D eigenvalue weighted by molar-refractivity contribution is 6.18. The van der Waals surface area contributed by atoms with Crippen molar-refractivity contribution < 1.29 is 19.1 Å². The normalized spacial score (nSPS) is 16.3. The predicted octanol–water partition coefficient (Wildman–Crippen LogP) is 1.12. The zero-order valence-electron chi connectivity index (χ0n) is 13.2. The molecule has 0 aromatic heterocycles. The number of rotatable bonds is 4. The van der Waals surface area contributed by atoms with Gasteiger partial charge in [0.2, 0.25) is 0 Å². The summed E-state index contributed by atoms with van der Waals surface area (Å²) in [5.41, 5.74) is 1.09. The van der Waals surface area contributed by atoms with Crippen molar-refractivity contribution in [3.63, 3.8) is 0 Å². The van der Waals surface area contributed by atoms with E-state index in [1.807, 2.05) is 18.2 Å². The van der Waals surface area contributed by atoms with Gasteiger partial charge in [0.25, 0.3) is 11.8 Å². The molecule has 2 amide bonds. The molecule has 7 nitrogen and oxygen atoms in total. The molecule has 0 saturated carbocycles. The molecule has 7 heteroatoms. The van der Waals surface area contributed by atoms with E-state index in [-0.39, 0.29) is 18.1 Å². The van der Waals surface area contributed by atoms with E-state index < -0.39 is 11.9 Å². The molecule has 124 valence electrons. The second-order valence-corrected chi connectivity index (χ2v) is 5.28. The minimum atomic E-state index is -0.670. The molecule has 0 atom stereocenters. The number of nitrogens with one attached hydrogen (secondary N) is 2. The lowest BCUT2D eigenvalue weighted by Gasteiger charge is -2.25. The van der Waals surface area contributed by atoms with Crippen LogP contribution in [0.3, 0.4) is 0 Å². The fourth-order valence-corrected chi connectivity index (χ4v) is 2.64. The lowest BCUT2D eigenvalue weighted by molar-refractivity contribution is -0.142. The van der Waals surface area contributed by atoms with Crippen LogP contribution in [-0.2, 0) is 19.1 Å². The molecule has 0 unspecified atom stereocenters. The quantitative estimate of drug-likeness (QED) is 0.639. The number of nitrogens with zero attached hydrogens (tertiary/aromatic N) is 1. The van der Waals surface area contributed by atoms with Crippen molar-refractivity contribution in [2.45, 2.75) is 13.3 Å². The van der Waals surface area contributed by atoms with E-state index >= 15 is 0 Å². The molecule has 1 aromatic rings. The number of esters is 1. The third-order valence-corrected chi connectivity index (χ3v) is 3.77. The number of hydrogen-bond donors (Lipinski definition) is 2. The summed E-state index contributed by atoms with van der Waals surface area (Å²) in [6, 6.07) is 9.08. The molecule has 0 saturated heterocycles. The van der Waals surface area contributed by atoms with E-state index in [2.05, 4.69) is 10.6 Å². The van der Waals surface area contributed by atoms with E-state index in [1.165, 1.54) is 11.1 Å². The maximum absolute atomic E-state index is 12.4. The summed E-state index contributed by atoms with van der Waals surface area (Å²) in [6.45, 7) is 2.21. The van der Waals surface area contributed by atoms with Crippen LogP contribution in [0.5, 0.6) is 0 Å². The fraction of sp³-hybridized carbons (Fsp3) is 0.235. The van der Waals surface area contributed by atoms with Gasteiger partial charge < -0.3 is 15.4 Å². The SMILES string of the molecule is CCOC(=O)C1=CNC2=C(C(=O)Nc3ccccc3)CCN2C1=O. The van der Waals surface area contributed by atoms with Gasteiger partial charge in [-0.2, -0.15) is 0 Å². The molecular weight excluding hydrogens is 310 g/mol. The van der Waals surface area contributed by atoms with Crippen LogP contribution >= 0.6 is 0 Å². The molecule has 24 heavy (non-hydrogen) atoms. The lowest BCUT2D eigenvalue weighted by atomic mass is 10.2. The van der Waals surface area contributed by atoms with Gasteiger partial charge in [0.05, 0.1) is 12.2 Å². The molecule has 0 fully saturated rings. The zero-order valence-corrected chi connectivity index (χ0v) is 13.2. The van der Waals surface area contributed by atoms with Crippen LogP contribution in [0.1, 0.15) is 13.3 Å². The predicted molar refractivity (Wildman–Crippen MR) is 86.3 cm³/mol. The first kappa shape index (κ1) is 15.8. The number of hydrogen-bond acceptors (Lipinski definition) is 5. The Morgan fingerprint density at radius 1 is 1.29 bits per heavy atom. The third kappa shape index (κ3) is 2.88. The summed E-state index contributed by atoms with van der Waals surface area (Å²) in [6.07, 6.45) is 1.71. The third-order valence-electron chi connectivity index (χ3n) is 3.77. The Morgan fingerprint density at radius 3 is 2.75 bits per heavy atom. The molecule has 1 aromatic carbocycles. The van der Waals surface area contributed by atoms with E-state index in [1.54, 1.807) is 19.1 Å². The molecule has 0 radical (unpaired) electrons. The van der Waals surface area contributed by atoms with Gasteiger partial charge in [0.1, 0.15) is 11.4 Å². The van der Waals surface area contributed by atoms with Crippen molar-refractivity contribution in [1.82, 2.24) is 10.2 Å². The van der Waals surface area contributed by atoms with Crippen LogP contribution in [0.15, 0.2) is 53.5 Å². The van der Waals surface area contributed by atoms with Gasteiger partial charge in [-0.15, -0.1) is 0 Å². The van der Waals surface area contributed by atoms with Crippen LogP contribution < -0.4 is 10.6 Å². The van der Waals surface area contributed by atoms with Gasteiger partial charge in [-0.1, -0.05) is 18.2 Å². The maximum Gasteiger partial charge on any atom is 0.345 e. The van der Waals surface area contributed by atoms with Gasteiger partial charge in [0, 0.05) is 18.4 Å². The minimum Gasteiger partial charge on any atom is -0.462 e. The molecule has 2 aliphatic rings. The number of fused-ring (bicyclic) bond motifs is 1. The van der Waals surface area contributed by atoms with Crippen LogP contribution in [0.4, 0.5) is 5.69 Å². The highest BCUT2D eigenvalue weighted by Gasteiger charge is 2.37. The first-order chi connectivity index (χ1) is 11.6. The van der Waals surface area contributed by atoms with E-state index in [4.69, 9.17) is 4.74 Å². The van der Waals surface area contributed by atoms with Gasteiger partial charge in [0.15, 0.2) is 0 Å². The van der Waals surface area contributed by atoms with Crippen molar-refractivity contribution >= 4 is 23.5 Å². The molecule has 2 N–H and O–H groups in total. The van der Waals surface area contributed by atoms with Gasteiger partial charge in [-0.3, -0.25) is 14.5 Å². The van der Waals surface area contributed by atoms with Crippen LogP contribution in [0.2, 0.25) is 0 Å². The number of amides is 2. The summed E-state index contributed by atoms with van der Waals surface area (Å²) in [5, 5.41) is 5.68. The number of para-hydroxylation sites is 1. The molecule has 2 aliphatic heterocycles. The summed E-state index contributed by atoms with van der Waals surface area (Å²) >= 11 is 0. The topological polar surface area (TPSA) is 87.7 Å². The molecule has 0 aliphatic carbocycles. The first-order valence-electron chi connectivity index (χ1n) is 7.67. The zero-order chi connectivity index (χ0) is 17.1. The fourth-order valence-electron chi connectivity index (χ4n) is 2.64. The molecule has 0 bridgehead atoms. The average molecular weight is 327 g/mol. The van der Waals surface area contributed by atoms with Crippen molar-refractivity contribution in [3.05, 3.63) is 53.5 Å². The van der Waals surface area contributed by atoms with Crippen molar-refractivity contribution in [2.24, 2.45) is 0 Å². The van der Waals surface area contributed by atoms with Crippen molar-refractivity contribution in [1.29, 1.82) is 0 Å². The Labute approximate surface area is 139 Å². The first-order valence-corrected chi connectivity index (χ1v) is 7.67. The van der Waals surface area contributed by atoms with Gasteiger partial charge >= 0.3 is 5.97 Å². The highest BCUT2D eigenvalue weighted by atomic mass is 16.5. The highest BCUT2D eigenvalue weighted by Crippen LogP contribution is 2.27. The molecular formula is C17H17N3O4. The number of carbonyl (C=O) groups is 3. The second-order valence-electron chi connectivity index (χ2n) is 5.28. The molecule has 3 rings (SSSR count). The summed E-state index contributed by atoms with van der Waals surface area (Å²) in [5.74, 6) is -0.977. The molecule has 2 heterocycles. The lowest BCUT2D eigenvalue weighted by Crippen LogP contribution is -2.41. The Hall–Kier alpha value is -3.09. The Kier molecular flexibility index (Phi) is 4.33. The Balaban J connectivity index is 1.81. The minimum absolute atomic E-state index is 0.0645. The van der Waals surface area contributed by atoms with Crippen molar-refractivity contribution in [2.75, 3.05) is 18.5 Å². The summed E-state index contributed by atoms with van der Waals surface area (Å²) in [4.78, 5) is 38.0. The standard InChI is InChI=1S/C17H17N3O4/c1-2-24-17(23)13-10-18-14-12(8-9-20(14)16(13)22)15(21)19-11-6-4-3-5-7-11/h3-7,10,18H,2,8-9H2,1H3,(H,19,21). The van der Waals surface area contributed by atoms with E-state index in [0.717, 1.165) is 0 Å². The monoisotopic (exact) mass is 327 g/mol. The summed E-state index contributed by atoms with van der Waals surface area (Å²) in [7, 11) is 0. The molecule has 0 spiro atoms. The van der Waals surface area contributed by atoms with Crippen LogP contribution in [0, 0.1) is 0 Å². The second kappa shape index (κ2) is 6.57. The van der Waals surface area contributed by atoms with Crippen LogP contribution in [0.25, 0.3) is 0 Å². The van der Waals surface area contributed by atoms with Gasteiger partial charge in [-0.25, -0.2) is 4.79 Å². The number of benzene rings is 1. The number of carbonyl (C=O) groups excluding carboxylic acids is 3. The largest absolute Gasteiger partial charge is 0.462 e. The van der Waals surface area contributed by atoms with Crippen molar-refractivity contribution in [3.8, 4) is 0 Å². The number of ether oxygens (including phenoxy) is 1. The van der Waals surface area contributed by atoms with E-state index in [9.17, 15) is 14.4 Å². The maximum atomic E-state index is 12.4.